The predicted molar refractivity (Wildman–Crippen MR) is 127 cm³/mol. The first-order valence-electron chi connectivity index (χ1n) is 10.7. The SMILES string of the molecule is COC(=O)c1ccc2cncc(C#C[C@]3(Cn4cc5ccc(OC)cc5c4O)NC(=O)NC3=O)c2n1. The molecule has 0 saturated carbocycles. The first kappa shape index (κ1) is 22.7. The van der Waals surface area contributed by atoms with Crippen molar-refractivity contribution in [3.63, 3.8) is 0 Å². The summed E-state index contributed by atoms with van der Waals surface area (Å²) in [5.74, 6) is 4.87. The molecule has 0 unspecified atom stereocenters. The average Bonchev–Trinajstić information content (AvgIpc) is 3.35. The maximum atomic E-state index is 12.9. The van der Waals surface area contributed by atoms with E-state index in [1.54, 1.807) is 36.7 Å². The van der Waals surface area contributed by atoms with Crippen molar-refractivity contribution in [3.8, 4) is 23.5 Å². The lowest BCUT2D eigenvalue weighted by molar-refractivity contribution is -0.122. The van der Waals surface area contributed by atoms with Gasteiger partial charge in [0.1, 0.15) is 11.4 Å². The van der Waals surface area contributed by atoms with E-state index in [4.69, 9.17) is 9.47 Å². The molecule has 5 rings (SSSR count). The van der Waals surface area contributed by atoms with Crippen LogP contribution in [0.3, 0.4) is 0 Å². The Balaban J connectivity index is 1.60. The van der Waals surface area contributed by atoms with Crippen LogP contribution < -0.4 is 15.4 Å². The molecular weight excluding hydrogens is 466 g/mol. The van der Waals surface area contributed by atoms with Gasteiger partial charge in [-0.05, 0) is 30.3 Å². The van der Waals surface area contributed by atoms with Gasteiger partial charge >= 0.3 is 12.0 Å². The third-order valence-corrected chi connectivity index (χ3v) is 5.82. The van der Waals surface area contributed by atoms with E-state index in [-0.39, 0.29) is 18.1 Å². The number of aromatic nitrogens is 3. The van der Waals surface area contributed by atoms with Gasteiger partial charge in [-0.1, -0.05) is 11.8 Å². The van der Waals surface area contributed by atoms with Crippen LogP contribution in [-0.2, 0) is 16.1 Å². The molecule has 11 nitrogen and oxygen atoms in total. The zero-order valence-electron chi connectivity index (χ0n) is 19.2. The van der Waals surface area contributed by atoms with Gasteiger partial charge in [0.05, 0.1) is 31.8 Å². The summed E-state index contributed by atoms with van der Waals surface area (Å²) in [5.41, 5.74) is -0.907. The van der Waals surface area contributed by atoms with Crippen LogP contribution in [-0.4, -0.2) is 57.3 Å². The van der Waals surface area contributed by atoms with Crippen molar-refractivity contribution in [2.24, 2.45) is 0 Å². The summed E-state index contributed by atoms with van der Waals surface area (Å²) in [7, 11) is 2.77. The number of esters is 1. The van der Waals surface area contributed by atoms with Gasteiger partial charge in [0.2, 0.25) is 5.54 Å². The summed E-state index contributed by atoms with van der Waals surface area (Å²) in [6.45, 7) is -0.181. The Morgan fingerprint density at radius 2 is 1.97 bits per heavy atom. The number of pyridine rings is 2. The maximum absolute atomic E-state index is 12.9. The fraction of sp³-hybridized carbons (Fsp3) is 0.160. The molecule has 3 amide bonds. The summed E-state index contributed by atoms with van der Waals surface area (Å²) < 4.78 is 11.4. The number of carbonyl (C=O) groups excluding carboxylic acids is 3. The number of hydrogen-bond acceptors (Lipinski definition) is 8. The molecule has 180 valence electrons. The van der Waals surface area contributed by atoms with E-state index in [0.29, 0.717) is 33.0 Å². The van der Waals surface area contributed by atoms with Gasteiger partial charge in [-0.15, -0.1) is 0 Å². The molecule has 11 heteroatoms. The van der Waals surface area contributed by atoms with Gasteiger partial charge in [-0.25, -0.2) is 14.6 Å². The number of hydrogen-bond donors (Lipinski definition) is 3. The highest BCUT2D eigenvalue weighted by atomic mass is 16.5. The Morgan fingerprint density at radius 3 is 2.69 bits per heavy atom. The Morgan fingerprint density at radius 1 is 1.17 bits per heavy atom. The van der Waals surface area contributed by atoms with E-state index < -0.39 is 23.4 Å². The molecule has 1 fully saturated rings. The number of fused-ring (bicyclic) bond motifs is 2. The molecule has 0 aliphatic carbocycles. The van der Waals surface area contributed by atoms with Crippen LogP contribution in [0.5, 0.6) is 11.6 Å². The molecule has 4 heterocycles. The van der Waals surface area contributed by atoms with Gasteiger partial charge in [-0.2, -0.15) is 0 Å². The molecule has 36 heavy (non-hydrogen) atoms. The Hall–Kier alpha value is -5.11. The number of ether oxygens (including phenoxy) is 2. The Labute approximate surface area is 204 Å². The number of benzene rings is 1. The maximum Gasteiger partial charge on any atom is 0.356 e. The van der Waals surface area contributed by atoms with Crippen LogP contribution in [0.1, 0.15) is 16.1 Å². The molecule has 1 aliphatic heterocycles. The summed E-state index contributed by atoms with van der Waals surface area (Å²) in [4.78, 5) is 45.4. The van der Waals surface area contributed by atoms with Gasteiger partial charge in [0.25, 0.3) is 5.91 Å². The zero-order valence-corrected chi connectivity index (χ0v) is 19.2. The molecule has 0 spiro atoms. The summed E-state index contributed by atoms with van der Waals surface area (Å²) >= 11 is 0. The summed E-state index contributed by atoms with van der Waals surface area (Å²) in [6, 6.07) is 7.63. The van der Waals surface area contributed by atoms with Crippen LogP contribution in [0.2, 0.25) is 0 Å². The number of rotatable bonds is 4. The van der Waals surface area contributed by atoms with Gasteiger partial charge < -0.3 is 24.5 Å². The smallest absolute Gasteiger partial charge is 0.356 e. The molecule has 4 aromatic rings. The van der Waals surface area contributed by atoms with Crippen molar-refractivity contribution in [1.29, 1.82) is 0 Å². The normalized spacial score (nSPS) is 16.8. The number of urea groups is 1. The average molecular weight is 485 g/mol. The molecular formula is C25H19N5O6. The summed E-state index contributed by atoms with van der Waals surface area (Å²) in [6.07, 6.45) is 4.65. The number of carbonyl (C=O) groups is 3. The first-order valence-corrected chi connectivity index (χ1v) is 10.7. The van der Waals surface area contributed by atoms with E-state index in [1.807, 2.05) is 0 Å². The molecule has 3 aromatic heterocycles. The largest absolute Gasteiger partial charge is 0.497 e. The Bertz CT molecular complexity index is 1630. The predicted octanol–water partition coefficient (Wildman–Crippen LogP) is 1.72. The molecule has 1 atom stereocenters. The number of amides is 3. The topological polar surface area (TPSA) is 145 Å². The fourth-order valence-electron chi connectivity index (χ4n) is 3.99. The van der Waals surface area contributed by atoms with Crippen LogP contribution in [0.25, 0.3) is 21.7 Å². The van der Waals surface area contributed by atoms with Gasteiger partial charge in [0, 0.05) is 34.7 Å². The highest BCUT2D eigenvalue weighted by Crippen LogP contribution is 2.32. The van der Waals surface area contributed by atoms with E-state index in [9.17, 15) is 19.5 Å². The van der Waals surface area contributed by atoms with Crippen molar-refractivity contribution < 1.29 is 29.0 Å². The van der Waals surface area contributed by atoms with Crippen LogP contribution in [0.15, 0.2) is 48.9 Å². The molecule has 3 N–H and O–H groups in total. The van der Waals surface area contributed by atoms with E-state index in [0.717, 1.165) is 0 Å². The minimum Gasteiger partial charge on any atom is -0.497 e. The van der Waals surface area contributed by atoms with Gasteiger partial charge in [0.15, 0.2) is 5.88 Å². The summed E-state index contributed by atoms with van der Waals surface area (Å²) in [5, 5.41) is 17.4. The molecule has 1 aliphatic rings. The second kappa shape index (κ2) is 8.59. The minimum atomic E-state index is -1.70. The molecule has 0 bridgehead atoms. The monoisotopic (exact) mass is 485 g/mol. The standard InChI is InChI=1S/C25H19N5O6/c1-35-17-5-3-16-12-30(21(31)18(16)9-17)13-25(23(33)28-24(34)29-25)8-7-15-11-26-10-14-4-6-19(22(32)36-2)27-20(14)15/h3-6,9-12,31H,13H2,1-2H3,(H2,28,29,33,34)/t25-/m1/s1. The number of nitrogens with one attached hydrogen (secondary N) is 2. The number of imide groups is 1. The molecule has 1 aromatic carbocycles. The number of methoxy groups -OCH3 is 2. The van der Waals surface area contributed by atoms with Crippen LogP contribution in [0.4, 0.5) is 4.79 Å². The van der Waals surface area contributed by atoms with E-state index in [1.165, 1.54) is 31.0 Å². The lowest BCUT2D eigenvalue weighted by atomic mass is 9.99. The van der Waals surface area contributed by atoms with Crippen LogP contribution in [0, 0.1) is 11.8 Å². The van der Waals surface area contributed by atoms with Crippen molar-refractivity contribution in [3.05, 3.63) is 60.2 Å². The van der Waals surface area contributed by atoms with Crippen molar-refractivity contribution >= 4 is 39.6 Å². The van der Waals surface area contributed by atoms with Gasteiger partial charge in [-0.3, -0.25) is 15.1 Å². The first-order chi connectivity index (χ1) is 17.3. The molecule has 0 radical (unpaired) electrons. The minimum absolute atomic E-state index is 0.0836. The van der Waals surface area contributed by atoms with E-state index in [2.05, 4.69) is 32.4 Å². The quantitative estimate of drug-likeness (QED) is 0.225. The highest BCUT2D eigenvalue weighted by Gasteiger charge is 2.46. The zero-order chi connectivity index (χ0) is 25.4. The lowest BCUT2D eigenvalue weighted by Gasteiger charge is -2.20. The lowest BCUT2D eigenvalue weighted by Crippen LogP contribution is -2.49. The van der Waals surface area contributed by atoms with Crippen molar-refractivity contribution in [2.75, 3.05) is 14.2 Å². The van der Waals surface area contributed by atoms with E-state index >= 15 is 0 Å². The fourth-order valence-corrected chi connectivity index (χ4v) is 3.99. The second-order valence-corrected chi connectivity index (χ2v) is 8.04. The molecule has 1 saturated heterocycles. The van der Waals surface area contributed by atoms with Crippen LogP contribution >= 0.6 is 0 Å². The third kappa shape index (κ3) is 3.80. The highest BCUT2D eigenvalue weighted by molar-refractivity contribution is 6.09. The Kier molecular flexibility index (Phi) is 5.41. The van der Waals surface area contributed by atoms with Crippen molar-refractivity contribution in [2.45, 2.75) is 12.1 Å². The number of aromatic hydroxyl groups is 1. The third-order valence-electron chi connectivity index (χ3n) is 5.82. The van der Waals surface area contributed by atoms with Crippen molar-refractivity contribution in [1.82, 2.24) is 25.2 Å². The second-order valence-electron chi connectivity index (χ2n) is 8.04. The number of nitrogens with zero attached hydrogens (tertiary/aromatic N) is 3.